The minimum Gasteiger partial charge on any atom is -0.478 e. The first-order chi connectivity index (χ1) is 18.0. The Bertz CT molecular complexity index is 1400. The number of carboxylic acids is 1. The summed E-state index contributed by atoms with van der Waals surface area (Å²) in [6.07, 6.45) is 6.91. The molecule has 6 heterocycles. The summed E-state index contributed by atoms with van der Waals surface area (Å²) in [4.78, 5) is 36.1. The number of nitrogens with zero attached hydrogens (tertiary/aromatic N) is 9. The number of fused-ring (bicyclic) bond motifs is 1. The molecule has 0 aliphatic carbocycles. The van der Waals surface area contributed by atoms with Gasteiger partial charge in [0.25, 0.3) is 5.78 Å². The molecule has 37 heavy (non-hydrogen) atoms. The smallest absolute Gasteiger partial charge is 0.337 e. The molecule has 2 saturated heterocycles. The molecule has 0 bridgehead atoms. The van der Waals surface area contributed by atoms with E-state index in [1.807, 2.05) is 0 Å². The normalized spacial score (nSPS) is 19.0. The summed E-state index contributed by atoms with van der Waals surface area (Å²) in [5.74, 6) is 1.70. The summed E-state index contributed by atoms with van der Waals surface area (Å²) in [5.41, 5.74) is 7.19. The number of aromatic nitrogens is 6. The molecule has 0 saturated carbocycles. The quantitative estimate of drug-likeness (QED) is 0.391. The molecule has 0 spiro atoms. The Kier molecular flexibility index (Phi) is 6.04. The summed E-state index contributed by atoms with van der Waals surface area (Å²) in [6, 6.07) is 5.13. The lowest BCUT2D eigenvalue weighted by atomic mass is 9.97. The molecule has 2 aliphatic rings. The Balaban J connectivity index is 1.10. The van der Waals surface area contributed by atoms with Crippen LogP contribution in [0.3, 0.4) is 0 Å². The second kappa shape index (κ2) is 9.65. The number of carbonyl (C=O) groups is 1. The van der Waals surface area contributed by atoms with Crippen LogP contribution in [-0.2, 0) is 0 Å². The molecule has 0 radical (unpaired) electrons. The van der Waals surface area contributed by atoms with E-state index in [1.54, 1.807) is 30.7 Å². The van der Waals surface area contributed by atoms with Crippen LogP contribution >= 0.6 is 0 Å². The fraction of sp³-hybridized carbons (Fsp3) is 0.417. The third-order valence-electron chi connectivity index (χ3n) is 7.02. The van der Waals surface area contributed by atoms with Crippen molar-refractivity contribution in [2.45, 2.75) is 12.8 Å². The van der Waals surface area contributed by atoms with Gasteiger partial charge >= 0.3 is 5.97 Å². The summed E-state index contributed by atoms with van der Waals surface area (Å²) in [7, 11) is 0. The molecule has 192 valence electrons. The van der Waals surface area contributed by atoms with Gasteiger partial charge in [-0.1, -0.05) is 0 Å². The highest BCUT2D eigenvalue weighted by molar-refractivity contribution is 5.94. The zero-order valence-corrected chi connectivity index (χ0v) is 20.3. The predicted octanol–water partition coefficient (Wildman–Crippen LogP) is 1.49. The molecule has 13 nitrogen and oxygen atoms in total. The number of nitrogens with two attached hydrogens (primary N) is 1. The van der Waals surface area contributed by atoms with Gasteiger partial charge in [0.15, 0.2) is 5.76 Å². The van der Waals surface area contributed by atoms with Crippen LogP contribution in [0.25, 0.3) is 17.4 Å². The number of carboxylic acid groups (broad SMARTS) is 1. The maximum absolute atomic E-state index is 11.6. The number of rotatable bonds is 6. The van der Waals surface area contributed by atoms with Crippen molar-refractivity contribution in [3.8, 4) is 11.6 Å². The van der Waals surface area contributed by atoms with E-state index in [-0.39, 0.29) is 5.95 Å². The van der Waals surface area contributed by atoms with Crippen LogP contribution in [-0.4, -0.2) is 91.3 Å². The molecule has 4 aromatic rings. The number of nitrogen functional groups attached to an aromatic ring is 1. The summed E-state index contributed by atoms with van der Waals surface area (Å²) in [6.45, 7) is 5.94. The maximum atomic E-state index is 11.6. The van der Waals surface area contributed by atoms with E-state index in [4.69, 9.17) is 10.2 Å². The zero-order valence-electron chi connectivity index (χ0n) is 20.3. The van der Waals surface area contributed by atoms with E-state index in [1.165, 1.54) is 10.7 Å². The molecule has 13 heteroatoms. The SMILES string of the molecule is Nc1nc(N2CCC[C@@H](CN3CCN(c4cnccc4C(=O)O)CC3)C2)nc2nc(-c3ccco3)nn12. The fourth-order valence-electron chi connectivity index (χ4n) is 5.20. The average Bonchev–Trinajstić information content (AvgIpc) is 3.60. The minimum absolute atomic E-state index is 0.236. The van der Waals surface area contributed by atoms with E-state index >= 15 is 0 Å². The van der Waals surface area contributed by atoms with E-state index in [9.17, 15) is 9.90 Å². The van der Waals surface area contributed by atoms with Crippen molar-refractivity contribution < 1.29 is 14.3 Å². The summed E-state index contributed by atoms with van der Waals surface area (Å²) in [5, 5.41) is 13.9. The molecular formula is C24H28N10O3. The van der Waals surface area contributed by atoms with Crippen LogP contribution in [0.4, 0.5) is 17.6 Å². The van der Waals surface area contributed by atoms with E-state index in [0.29, 0.717) is 40.5 Å². The van der Waals surface area contributed by atoms with Crippen LogP contribution in [0.1, 0.15) is 23.2 Å². The lowest BCUT2D eigenvalue weighted by Crippen LogP contribution is -2.50. The van der Waals surface area contributed by atoms with Gasteiger partial charge < -0.3 is 25.1 Å². The van der Waals surface area contributed by atoms with Gasteiger partial charge in [-0.15, -0.1) is 5.10 Å². The first kappa shape index (κ1) is 23.2. The lowest BCUT2D eigenvalue weighted by Gasteiger charge is -2.40. The first-order valence-electron chi connectivity index (χ1n) is 12.4. The van der Waals surface area contributed by atoms with Gasteiger partial charge in [-0.25, -0.2) is 4.79 Å². The van der Waals surface area contributed by atoms with E-state index < -0.39 is 5.97 Å². The molecule has 1 atom stereocenters. The van der Waals surface area contributed by atoms with E-state index in [2.05, 4.69) is 39.7 Å². The number of hydrogen-bond acceptors (Lipinski definition) is 11. The Hall–Kier alpha value is -4.26. The van der Waals surface area contributed by atoms with E-state index in [0.717, 1.165) is 58.7 Å². The van der Waals surface area contributed by atoms with Gasteiger partial charge in [-0.3, -0.25) is 9.88 Å². The monoisotopic (exact) mass is 504 g/mol. The number of piperidine rings is 1. The maximum Gasteiger partial charge on any atom is 0.337 e. The highest BCUT2D eigenvalue weighted by Crippen LogP contribution is 2.25. The minimum atomic E-state index is -0.925. The number of pyridine rings is 1. The van der Waals surface area contributed by atoms with Crippen LogP contribution in [0.5, 0.6) is 0 Å². The van der Waals surface area contributed by atoms with Crippen molar-refractivity contribution in [1.29, 1.82) is 0 Å². The Morgan fingerprint density at radius 1 is 1.11 bits per heavy atom. The fourth-order valence-corrected chi connectivity index (χ4v) is 5.20. The molecule has 2 aliphatic heterocycles. The first-order valence-corrected chi connectivity index (χ1v) is 12.4. The predicted molar refractivity (Wildman–Crippen MR) is 135 cm³/mol. The second-order valence-electron chi connectivity index (χ2n) is 9.45. The van der Waals surface area contributed by atoms with Crippen molar-refractivity contribution in [3.63, 3.8) is 0 Å². The molecule has 3 N–H and O–H groups in total. The highest BCUT2D eigenvalue weighted by Gasteiger charge is 2.27. The summed E-state index contributed by atoms with van der Waals surface area (Å²) >= 11 is 0. The average molecular weight is 505 g/mol. The molecule has 2 fully saturated rings. The lowest BCUT2D eigenvalue weighted by molar-refractivity contribution is 0.0697. The molecule has 4 aromatic heterocycles. The number of aromatic carboxylic acids is 1. The van der Waals surface area contributed by atoms with Gasteiger partial charge in [0.2, 0.25) is 17.7 Å². The van der Waals surface area contributed by atoms with Crippen molar-refractivity contribution in [3.05, 3.63) is 42.4 Å². The standard InChI is InChI=1S/C24H28N10O3/c25-22-28-23(29-24-27-20(30-34(22)24)19-4-2-12-37-19)33-7-1-3-16(15-33)14-31-8-10-32(11-9-31)18-13-26-6-5-17(18)21(35)36/h2,4-6,12-13,16H,1,3,7-11,14-15H2,(H,35,36)(H2,25,27,28,29,30)/t16-/m0/s1. The zero-order chi connectivity index (χ0) is 25.4. The molecule has 0 unspecified atom stereocenters. The third kappa shape index (κ3) is 4.65. The summed E-state index contributed by atoms with van der Waals surface area (Å²) < 4.78 is 6.83. The highest BCUT2D eigenvalue weighted by atomic mass is 16.4. The van der Waals surface area contributed by atoms with Crippen LogP contribution in [0.15, 0.2) is 41.3 Å². The molecule has 0 aromatic carbocycles. The van der Waals surface area contributed by atoms with Gasteiger partial charge in [0.05, 0.1) is 23.7 Å². The number of furan rings is 1. The van der Waals surface area contributed by atoms with Crippen molar-refractivity contribution in [2.24, 2.45) is 5.92 Å². The Morgan fingerprint density at radius 3 is 2.76 bits per heavy atom. The second-order valence-corrected chi connectivity index (χ2v) is 9.45. The van der Waals surface area contributed by atoms with Crippen LogP contribution < -0.4 is 15.5 Å². The third-order valence-corrected chi connectivity index (χ3v) is 7.02. The van der Waals surface area contributed by atoms with Gasteiger partial charge in [-0.2, -0.15) is 19.5 Å². The number of anilines is 3. The van der Waals surface area contributed by atoms with Crippen molar-refractivity contribution >= 4 is 29.3 Å². The van der Waals surface area contributed by atoms with Crippen LogP contribution in [0.2, 0.25) is 0 Å². The molecular weight excluding hydrogens is 476 g/mol. The Morgan fingerprint density at radius 2 is 1.97 bits per heavy atom. The topological polar surface area (TPSA) is 155 Å². The molecule has 0 amide bonds. The van der Waals surface area contributed by atoms with Gasteiger partial charge in [-0.05, 0) is 37.0 Å². The number of hydrogen-bond donors (Lipinski definition) is 2. The van der Waals surface area contributed by atoms with Crippen molar-refractivity contribution in [1.82, 2.24) is 34.4 Å². The Labute approximate surface area is 212 Å². The largest absolute Gasteiger partial charge is 0.478 e. The van der Waals surface area contributed by atoms with Crippen LogP contribution in [0, 0.1) is 5.92 Å². The van der Waals surface area contributed by atoms with Crippen molar-refractivity contribution in [2.75, 3.05) is 61.3 Å². The van der Waals surface area contributed by atoms with Gasteiger partial charge in [0, 0.05) is 52.0 Å². The van der Waals surface area contributed by atoms with Gasteiger partial charge in [0.1, 0.15) is 0 Å². The molecule has 6 rings (SSSR count). The number of piperazine rings is 1.